The van der Waals surface area contributed by atoms with Gasteiger partial charge in [0.15, 0.2) is 5.69 Å². The minimum Gasteiger partial charge on any atom is -0.446 e. The Bertz CT molecular complexity index is 1360. The fourth-order valence-electron chi connectivity index (χ4n) is 4.07. The summed E-state index contributed by atoms with van der Waals surface area (Å²) in [5.74, 6) is -2.77. The topological polar surface area (TPSA) is 188 Å². The van der Waals surface area contributed by atoms with Gasteiger partial charge in [-0.05, 0) is 29.9 Å². The van der Waals surface area contributed by atoms with Crippen molar-refractivity contribution in [1.29, 1.82) is 0 Å². The maximum absolute atomic E-state index is 13.3. The maximum atomic E-state index is 13.3. The Kier molecular flexibility index (Phi) is 9.22. The van der Waals surface area contributed by atoms with Gasteiger partial charge in [-0.15, -0.1) is 0 Å². The molecule has 40 heavy (non-hydrogen) atoms. The lowest BCUT2D eigenvalue weighted by Gasteiger charge is -2.23. The molecule has 2 aromatic heterocycles. The van der Waals surface area contributed by atoms with Gasteiger partial charge in [0.05, 0.1) is 12.6 Å². The van der Waals surface area contributed by atoms with E-state index in [4.69, 9.17) is 4.42 Å². The number of hydrogen-bond donors (Lipinski definition) is 5. The van der Waals surface area contributed by atoms with E-state index in [9.17, 15) is 24.3 Å². The summed E-state index contributed by atoms with van der Waals surface area (Å²) in [4.78, 5) is 61.0. The third kappa shape index (κ3) is 6.69. The van der Waals surface area contributed by atoms with Crippen LogP contribution in [0.15, 0.2) is 41.0 Å². The molecule has 5 N–H and O–H groups in total. The summed E-state index contributed by atoms with van der Waals surface area (Å²) in [6.07, 6.45) is 1.98. The van der Waals surface area contributed by atoms with E-state index >= 15 is 0 Å². The van der Waals surface area contributed by atoms with Crippen LogP contribution >= 0.6 is 11.5 Å². The normalized spacial score (nSPS) is 23.2. The van der Waals surface area contributed by atoms with Gasteiger partial charge in [-0.1, -0.05) is 50.6 Å². The Morgan fingerprint density at radius 2 is 1.70 bits per heavy atom. The molecule has 14 heteroatoms. The van der Waals surface area contributed by atoms with E-state index < -0.39 is 54.4 Å². The predicted molar refractivity (Wildman–Crippen MR) is 143 cm³/mol. The Balaban J connectivity index is 1.71. The van der Waals surface area contributed by atoms with Crippen molar-refractivity contribution in [2.24, 2.45) is 5.92 Å². The molecule has 0 unspecified atom stereocenters. The molecule has 0 saturated heterocycles. The van der Waals surface area contributed by atoms with E-state index in [2.05, 4.69) is 35.6 Å². The first-order valence-corrected chi connectivity index (χ1v) is 13.6. The lowest BCUT2D eigenvalue weighted by atomic mass is 9.99. The van der Waals surface area contributed by atoms with E-state index in [-0.39, 0.29) is 29.7 Å². The Labute approximate surface area is 234 Å². The second-order valence-electron chi connectivity index (χ2n) is 9.55. The Morgan fingerprint density at radius 1 is 0.975 bits per heavy atom. The molecule has 0 fully saturated rings. The summed E-state index contributed by atoms with van der Waals surface area (Å²) in [5.41, 5.74) is 0.749. The molecule has 5 atom stereocenters. The molecule has 3 aromatic rings. The van der Waals surface area contributed by atoms with Crippen LogP contribution in [0.4, 0.5) is 0 Å². The zero-order valence-electron chi connectivity index (χ0n) is 22.2. The summed E-state index contributed by atoms with van der Waals surface area (Å²) >= 11 is 0.972. The average Bonchev–Trinajstić information content (AvgIpc) is 3.64. The zero-order valence-corrected chi connectivity index (χ0v) is 23.0. The largest absolute Gasteiger partial charge is 0.446 e. The molecule has 0 spiro atoms. The highest BCUT2D eigenvalue weighted by molar-refractivity contribution is 7.05. The number of benzene rings is 1. The highest BCUT2D eigenvalue weighted by Crippen LogP contribution is 2.26. The summed E-state index contributed by atoms with van der Waals surface area (Å²) in [6.45, 7) is 4.77. The fraction of sp³-hybridized carbons (Fsp3) is 0.423. The molecule has 1 aliphatic heterocycles. The smallest absolute Gasteiger partial charge is 0.290 e. The minimum absolute atomic E-state index is 0.0104. The Hall–Kier alpha value is -4.17. The number of fused-ring (bicyclic) bond motifs is 4. The molecular weight excluding hydrogens is 538 g/mol. The summed E-state index contributed by atoms with van der Waals surface area (Å²) in [7, 11) is 0. The van der Waals surface area contributed by atoms with Crippen LogP contribution in [-0.4, -0.2) is 61.8 Å². The first-order chi connectivity index (χ1) is 19.2. The number of aliphatic hydroxyl groups is 1. The van der Waals surface area contributed by atoms with Crippen LogP contribution in [0.5, 0.6) is 0 Å². The number of rotatable bonds is 5. The first kappa shape index (κ1) is 28.8. The van der Waals surface area contributed by atoms with Gasteiger partial charge in [0.25, 0.3) is 11.8 Å². The third-order valence-electron chi connectivity index (χ3n) is 6.61. The van der Waals surface area contributed by atoms with Crippen molar-refractivity contribution >= 4 is 35.2 Å². The van der Waals surface area contributed by atoms with Crippen molar-refractivity contribution < 1.29 is 28.7 Å². The van der Waals surface area contributed by atoms with E-state index in [1.807, 2.05) is 19.9 Å². The van der Waals surface area contributed by atoms with Crippen LogP contribution in [0.3, 0.4) is 0 Å². The van der Waals surface area contributed by atoms with Crippen LogP contribution < -0.4 is 21.3 Å². The van der Waals surface area contributed by atoms with Crippen molar-refractivity contribution in [1.82, 2.24) is 35.6 Å². The predicted octanol–water partition coefficient (Wildman–Crippen LogP) is 1.05. The summed E-state index contributed by atoms with van der Waals surface area (Å²) in [5, 5.41) is 21.0. The van der Waals surface area contributed by atoms with Crippen LogP contribution in [-0.2, 0) is 16.0 Å². The van der Waals surface area contributed by atoms with Gasteiger partial charge in [0, 0.05) is 6.42 Å². The van der Waals surface area contributed by atoms with Crippen LogP contribution in [0.1, 0.15) is 76.8 Å². The van der Waals surface area contributed by atoms with Crippen LogP contribution in [0.25, 0.3) is 0 Å². The lowest BCUT2D eigenvalue weighted by molar-refractivity contribution is -0.131. The van der Waals surface area contributed by atoms with Gasteiger partial charge < -0.3 is 30.8 Å². The van der Waals surface area contributed by atoms with Crippen molar-refractivity contribution in [2.45, 2.75) is 57.8 Å². The molecule has 1 aromatic carbocycles. The molecule has 0 saturated carbocycles. The van der Waals surface area contributed by atoms with Crippen molar-refractivity contribution in [3.05, 3.63) is 64.6 Å². The first-order valence-electron chi connectivity index (χ1n) is 12.9. The number of aliphatic hydroxyl groups excluding tert-OH is 1. The molecule has 3 heterocycles. The van der Waals surface area contributed by atoms with Gasteiger partial charge in [0.1, 0.15) is 29.4 Å². The molecule has 4 rings (SSSR count). The highest BCUT2D eigenvalue weighted by atomic mass is 32.1. The number of hydrogen-bond acceptors (Lipinski definition) is 10. The molecule has 1 aliphatic rings. The van der Waals surface area contributed by atoms with Crippen molar-refractivity contribution in [3.8, 4) is 0 Å². The number of amides is 4. The SMILES string of the molecule is CC[C@H](C)[C@H]1NC(=O)c2coc(n2)[C@@H](C)NC(=O)[C@H](CO)NC(=O)[C@@H](Cc2ccccc2)NC(=O)c2nsc1n2. The van der Waals surface area contributed by atoms with Gasteiger partial charge in [-0.3, -0.25) is 19.2 Å². The second kappa shape index (κ2) is 12.8. The minimum atomic E-state index is -1.33. The number of aromatic nitrogens is 3. The van der Waals surface area contributed by atoms with Crippen LogP contribution in [0.2, 0.25) is 0 Å². The molecule has 13 nitrogen and oxygen atoms in total. The van der Waals surface area contributed by atoms with Gasteiger partial charge in [-0.2, -0.15) is 4.37 Å². The number of nitrogens with zero attached hydrogens (tertiary/aromatic N) is 3. The van der Waals surface area contributed by atoms with Crippen molar-refractivity contribution in [2.75, 3.05) is 6.61 Å². The maximum Gasteiger partial charge on any atom is 0.290 e. The third-order valence-corrected chi connectivity index (χ3v) is 7.41. The van der Waals surface area contributed by atoms with E-state index in [1.54, 1.807) is 31.2 Å². The molecule has 212 valence electrons. The Morgan fingerprint density at radius 3 is 2.40 bits per heavy atom. The van der Waals surface area contributed by atoms with Gasteiger partial charge >= 0.3 is 0 Å². The second-order valence-corrected chi connectivity index (χ2v) is 10.3. The zero-order chi connectivity index (χ0) is 28.8. The molecule has 0 radical (unpaired) electrons. The number of nitrogens with one attached hydrogen (secondary N) is 4. The van der Waals surface area contributed by atoms with E-state index in [0.717, 1.165) is 17.1 Å². The fourth-order valence-corrected chi connectivity index (χ4v) is 4.90. The molecule has 4 amide bonds. The van der Waals surface area contributed by atoms with Gasteiger partial charge in [-0.25, -0.2) is 9.97 Å². The van der Waals surface area contributed by atoms with E-state index in [1.165, 1.54) is 6.26 Å². The lowest BCUT2D eigenvalue weighted by Crippen LogP contribution is -2.55. The standard InChI is InChI=1S/C26H31N7O6S/c1-4-13(2)19-26-32-20(33-40-26)24(38)28-16(10-15-8-6-5-7-9-15)21(35)29-17(11-34)22(36)27-14(3)25-30-18(12-39-25)23(37)31-19/h5-9,12-14,16-17,19,34H,4,10-11H2,1-3H3,(H,27,36)(H,28,38)(H,29,35)(H,31,37)/t13-,14+,16+,17-,19+/m0/s1. The quantitative estimate of drug-likeness (QED) is 0.299. The average molecular weight is 570 g/mol. The number of carbonyl (C=O) groups excluding carboxylic acids is 4. The number of oxazole rings is 1. The van der Waals surface area contributed by atoms with Crippen molar-refractivity contribution in [3.63, 3.8) is 0 Å². The molecule has 4 bridgehead atoms. The summed E-state index contributed by atoms with van der Waals surface area (Å²) in [6, 6.07) is 5.22. The van der Waals surface area contributed by atoms with E-state index in [0.29, 0.717) is 11.4 Å². The van der Waals surface area contributed by atoms with Crippen LogP contribution in [0, 0.1) is 5.92 Å². The van der Waals surface area contributed by atoms with Gasteiger partial charge in [0.2, 0.25) is 23.5 Å². The monoisotopic (exact) mass is 569 g/mol. The number of carbonyl (C=O) groups is 4. The molecule has 0 aliphatic carbocycles. The molecular formula is C26H31N7O6S. The highest BCUT2D eigenvalue weighted by Gasteiger charge is 2.32. The summed E-state index contributed by atoms with van der Waals surface area (Å²) < 4.78 is 9.61.